The third-order valence-corrected chi connectivity index (χ3v) is 8.36. The summed E-state index contributed by atoms with van der Waals surface area (Å²) in [5.74, 6) is -0.593. The van der Waals surface area contributed by atoms with Gasteiger partial charge in [0.15, 0.2) is 0 Å². The molecule has 214 valence electrons. The molecular weight excluding hydrogens is 522 g/mol. The predicted octanol–water partition coefficient (Wildman–Crippen LogP) is 4.97. The lowest BCUT2D eigenvalue weighted by Crippen LogP contribution is -2.44. The SMILES string of the molecule is [2H]c1cc(C(=O)NC2=NCc3ccc(Cc4cc(F)cc(F)c4)cc32)c(CC2CCOCC2)cc1N1CCN(C)CC1. The van der Waals surface area contributed by atoms with E-state index < -0.39 is 11.6 Å². The van der Waals surface area contributed by atoms with Gasteiger partial charge in [-0.05, 0) is 97.3 Å². The number of nitrogens with zero attached hydrogens (tertiary/aromatic N) is 3. The van der Waals surface area contributed by atoms with Crippen LogP contribution in [-0.4, -0.2) is 63.1 Å². The Morgan fingerprint density at radius 1 is 1.02 bits per heavy atom. The molecule has 3 aromatic carbocycles. The van der Waals surface area contributed by atoms with E-state index >= 15 is 0 Å². The molecule has 3 aromatic rings. The number of carbonyl (C=O) groups is 1. The monoisotopic (exact) mass is 559 g/mol. The Balaban J connectivity index is 1.25. The van der Waals surface area contributed by atoms with Crippen LogP contribution in [0.15, 0.2) is 59.6 Å². The Hall–Kier alpha value is -3.62. The number of anilines is 1. The van der Waals surface area contributed by atoms with Crippen LogP contribution >= 0.6 is 0 Å². The van der Waals surface area contributed by atoms with Gasteiger partial charge in [-0.25, -0.2) is 8.78 Å². The minimum atomic E-state index is -0.607. The predicted molar refractivity (Wildman–Crippen MR) is 157 cm³/mol. The fourth-order valence-electron chi connectivity index (χ4n) is 5.97. The molecular formula is C33H36F2N4O2. The van der Waals surface area contributed by atoms with Crippen molar-refractivity contribution in [2.75, 3.05) is 51.3 Å². The molecule has 6 rings (SSSR count). The third kappa shape index (κ3) is 6.49. The Morgan fingerprint density at radius 2 is 1.78 bits per heavy atom. The average Bonchev–Trinajstić information content (AvgIpc) is 3.36. The van der Waals surface area contributed by atoms with Crippen LogP contribution < -0.4 is 10.2 Å². The molecule has 0 unspecified atom stereocenters. The first-order chi connectivity index (χ1) is 20.3. The van der Waals surface area contributed by atoms with Crippen LogP contribution in [-0.2, 0) is 24.1 Å². The number of benzene rings is 3. The first kappa shape index (κ1) is 26.3. The van der Waals surface area contributed by atoms with Gasteiger partial charge in [0.2, 0.25) is 0 Å². The molecule has 3 aliphatic rings. The lowest BCUT2D eigenvalue weighted by atomic mass is 9.89. The Bertz CT molecular complexity index is 1490. The number of halogens is 2. The number of aliphatic imine (C=N–C) groups is 1. The summed E-state index contributed by atoms with van der Waals surface area (Å²) in [6, 6.07) is 13.4. The smallest absolute Gasteiger partial charge is 0.257 e. The normalized spacial score (nSPS) is 18.2. The molecule has 0 bridgehead atoms. The van der Waals surface area contributed by atoms with Crippen molar-refractivity contribution in [2.24, 2.45) is 10.9 Å². The third-order valence-electron chi connectivity index (χ3n) is 8.36. The van der Waals surface area contributed by atoms with Crippen LogP contribution in [0.5, 0.6) is 0 Å². The minimum Gasteiger partial charge on any atom is -0.381 e. The van der Waals surface area contributed by atoms with Crippen LogP contribution in [0.1, 0.15) is 52.4 Å². The zero-order valence-electron chi connectivity index (χ0n) is 24.4. The molecule has 3 heterocycles. The quantitative estimate of drug-likeness (QED) is 0.464. The molecule has 0 saturated carbocycles. The second-order valence-electron chi connectivity index (χ2n) is 11.4. The zero-order chi connectivity index (χ0) is 29.2. The number of hydrogen-bond donors (Lipinski definition) is 1. The number of rotatable bonds is 6. The molecule has 1 amide bonds. The molecule has 2 saturated heterocycles. The average molecular weight is 560 g/mol. The molecule has 6 nitrogen and oxygen atoms in total. The van der Waals surface area contributed by atoms with E-state index in [9.17, 15) is 13.6 Å². The lowest BCUT2D eigenvalue weighted by molar-refractivity contribution is 0.0664. The number of carbonyl (C=O) groups excluding carboxylic acids is 1. The zero-order valence-corrected chi connectivity index (χ0v) is 23.4. The van der Waals surface area contributed by atoms with Crippen LogP contribution in [0.3, 0.4) is 0 Å². The molecule has 0 spiro atoms. The van der Waals surface area contributed by atoms with Crippen molar-refractivity contribution in [3.8, 4) is 0 Å². The highest BCUT2D eigenvalue weighted by Gasteiger charge is 2.24. The molecule has 2 fully saturated rings. The van der Waals surface area contributed by atoms with E-state index in [0.29, 0.717) is 41.9 Å². The summed E-state index contributed by atoms with van der Waals surface area (Å²) in [4.78, 5) is 22.9. The molecule has 8 heteroatoms. The van der Waals surface area contributed by atoms with E-state index in [1.807, 2.05) is 18.2 Å². The summed E-state index contributed by atoms with van der Waals surface area (Å²) in [7, 11) is 2.11. The van der Waals surface area contributed by atoms with E-state index in [1.165, 1.54) is 12.1 Å². The largest absolute Gasteiger partial charge is 0.381 e. The number of hydrogen-bond acceptors (Lipinski definition) is 5. The van der Waals surface area contributed by atoms with Crippen molar-refractivity contribution in [2.45, 2.75) is 32.2 Å². The van der Waals surface area contributed by atoms with E-state index in [1.54, 1.807) is 6.07 Å². The molecule has 41 heavy (non-hydrogen) atoms. The summed E-state index contributed by atoms with van der Waals surface area (Å²) in [5.41, 5.74) is 5.53. The van der Waals surface area contributed by atoms with E-state index in [-0.39, 0.29) is 5.91 Å². The van der Waals surface area contributed by atoms with E-state index in [0.717, 1.165) is 92.7 Å². The summed E-state index contributed by atoms with van der Waals surface area (Å²) in [5, 5.41) is 3.03. The molecule has 0 aliphatic carbocycles. The van der Waals surface area contributed by atoms with Gasteiger partial charge < -0.3 is 19.9 Å². The molecule has 0 radical (unpaired) electrons. The second kappa shape index (κ2) is 12.1. The minimum absolute atomic E-state index is 0.278. The maximum absolute atomic E-state index is 13.8. The highest BCUT2D eigenvalue weighted by molar-refractivity contribution is 6.14. The van der Waals surface area contributed by atoms with E-state index in [2.05, 4.69) is 33.2 Å². The van der Waals surface area contributed by atoms with Crippen LogP contribution in [0.4, 0.5) is 14.5 Å². The first-order valence-electron chi connectivity index (χ1n) is 14.9. The number of nitrogens with one attached hydrogen (secondary N) is 1. The summed E-state index contributed by atoms with van der Waals surface area (Å²) < 4.78 is 41.9. The summed E-state index contributed by atoms with van der Waals surface area (Å²) in [6.45, 7) is 5.48. The Labute approximate surface area is 241 Å². The van der Waals surface area contributed by atoms with Gasteiger partial charge in [0.05, 0.1) is 7.92 Å². The van der Waals surface area contributed by atoms with Gasteiger partial charge in [0, 0.05) is 62.3 Å². The molecule has 3 aliphatic heterocycles. The number of ether oxygens (including phenoxy) is 1. The fraction of sp³-hybridized carbons (Fsp3) is 0.394. The van der Waals surface area contributed by atoms with Crippen LogP contribution in [0.2, 0.25) is 0 Å². The van der Waals surface area contributed by atoms with Crippen LogP contribution in [0.25, 0.3) is 0 Å². The molecule has 0 aromatic heterocycles. The fourth-order valence-corrected chi connectivity index (χ4v) is 5.97. The van der Waals surface area contributed by atoms with Gasteiger partial charge in [-0.1, -0.05) is 12.1 Å². The standard InChI is InChI=1S/C33H36F2N4O2/c1-38-8-10-39(11-9-38)29-4-5-30(26(19-29)15-22-6-12-41-13-7-22)33(40)37-32-31-18-23(2-3-25(31)21-36-32)14-24-16-27(34)20-28(35)17-24/h2-5,16-20,22H,6-15,21H2,1H3,(H,36,37,40)/i4D. The second-order valence-corrected chi connectivity index (χ2v) is 11.4. The van der Waals surface area contributed by atoms with Crippen molar-refractivity contribution in [3.05, 3.63) is 99.6 Å². The Kier molecular flexibility index (Phi) is 7.75. The van der Waals surface area contributed by atoms with E-state index in [4.69, 9.17) is 6.11 Å². The van der Waals surface area contributed by atoms with Crippen molar-refractivity contribution in [1.29, 1.82) is 0 Å². The maximum Gasteiger partial charge on any atom is 0.257 e. The van der Waals surface area contributed by atoms with Crippen molar-refractivity contribution in [3.63, 3.8) is 0 Å². The van der Waals surface area contributed by atoms with Crippen molar-refractivity contribution < 1.29 is 19.7 Å². The van der Waals surface area contributed by atoms with Gasteiger partial charge in [-0.2, -0.15) is 0 Å². The molecule has 0 atom stereocenters. The van der Waals surface area contributed by atoms with Gasteiger partial charge >= 0.3 is 0 Å². The maximum atomic E-state index is 13.8. The topological polar surface area (TPSA) is 57.2 Å². The number of likely N-dealkylation sites (N-methyl/N-ethyl adjacent to an activating group) is 1. The summed E-state index contributed by atoms with van der Waals surface area (Å²) >= 11 is 0. The number of amides is 1. The summed E-state index contributed by atoms with van der Waals surface area (Å²) in [6.07, 6.45) is 3.01. The van der Waals surface area contributed by atoms with Gasteiger partial charge in [-0.3, -0.25) is 9.79 Å². The Morgan fingerprint density at radius 3 is 2.54 bits per heavy atom. The highest BCUT2D eigenvalue weighted by Crippen LogP contribution is 2.28. The number of piperazine rings is 1. The van der Waals surface area contributed by atoms with Crippen molar-refractivity contribution in [1.82, 2.24) is 10.2 Å². The number of amidine groups is 1. The molecule has 1 N–H and O–H groups in total. The van der Waals surface area contributed by atoms with Gasteiger partial charge in [0.1, 0.15) is 17.5 Å². The first-order valence-corrected chi connectivity index (χ1v) is 14.4. The number of fused-ring (bicyclic) bond motifs is 1. The highest BCUT2D eigenvalue weighted by atomic mass is 19.1. The lowest BCUT2D eigenvalue weighted by Gasteiger charge is -2.34. The van der Waals surface area contributed by atoms with Gasteiger partial charge in [-0.15, -0.1) is 0 Å². The van der Waals surface area contributed by atoms with Gasteiger partial charge in [0.25, 0.3) is 5.91 Å². The van der Waals surface area contributed by atoms with Crippen molar-refractivity contribution >= 4 is 17.4 Å². The van der Waals surface area contributed by atoms with Crippen LogP contribution in [0, 0.1) is 17.6 Å².